The van der Waals surface area contributed by atoms with Crippen LogP contribution >= 0.6 is 11.6 Å². The van der Waals surface area contributed by atoms with Crippen LogP contribution in [0.2, 0.25) is 5.02 Å². The first-order chi connectivity index (χ1) is 18.7. The summed E-state index contributed by atoms with van der Waals surface area (Å²) in [4.78, 5) is 55.4. The molecule has 0 aromatic heterocycles. The Morgan fingerprint density at radius 2 is 1.49 bits per heavy atom. The number of carbonyl (C=O) groups is 4. The normalized spacial score (nSPS) is 13.4. The number of amides is 4. The molecule has 4 amide bonds. The Morgan fingerprint density at radius 1 is 0.872 bits per heavy atom. The zero-order valence-corrected chi connectivity index (χ0v) is 22.9. The lowest BCUT2D eigenvalue weighted by Gasteiger charge is -2.32. The molecule has 39 heavy (non-hydrogen) atoms. The van der Waals surface area contributed by atoms with Crippen LogP contribution < -0.4 is 5.32 Å². The number of benzene rings is 3. The highest BCUT2D eigenvalue weighted by Crippen LogP contribution is 2.23. The highest BCUT2D eigenvalue weighted by molar-refractivity contribution is 6.30. The van der Waals surface area contributed by atoms with Crippen LogP contribution in [0.1, 0.15) is 58.5 Å². The average molecular weight is 546 g/mol. The summed E-state index contributed by atoms with van der Waals surface area (Å²) in [6.07, 6.45) is 0.679. The number of nitrogens with one attached hydrogen (secondary N) is 1. The van der Waals surface area contributed by atoms with E-state index in [4.69, 9.17) is 11.6 Å². The smallest absolute Gasteiger partial charge is 0.261 e. The molecule has 1 aliphatic heterocycles. The van der Waals surface area contributed by atoms with Gasteiger partial charge in [0.05, 0.1) is 11.1 Å². The van der Waals surface area contributed by atoms with E-state index >= 15 is 0 Å². The lowest BCUT2D eigenvalue weighted by molar-refractivity contribution is -0.141. The van der Waals surface area contributed by atoms with E-state index < -0.39 is 6.04 Å². The lowest BCUT2D eigenvalue weighted by atomic mass is 10.0. The van der Waals surface area contributed by atoms with Gasteiger partial charge in [0.1, 0.15) is 6.04 Å². The number of rotatable bonds is 11. The second kappa shape index (κ2) is 12.7. The molecule has 0 saturated carbocycles. The van der Waals surface area contributed by atoms with Crippen LogP contribution in [0.3, 0.4) is 0 Å². The molecule has 0 radical (unpaired) electrons. The van der Waals surface area contributed by atoms with Gasteiger partial charge in [-0.3, -0.25) is 24.1 Å². The molecule has 7 nitrogen and oxygen atoms in total. The van der Waals surface area contributed by atoms with E-state index in [0.717, 1.165) is 11.1 Å². The summed E-state index contributed by atoms with van der Waals surface area (Å²) in [5.41, 5.74) is 2.48. The summed E-state index contributed by atoms with van der Waals surface area (Å²) >= 11 is 6.22. The molecular formula is C31H32ClN3O4. The van der Waals surface area contributed by atoms with Crippen LogP contribution in [0.15, 0.2) is 78.9 Å². The molecule has 202 valence electrons. The number of fused-ring (bicyclic) bond motifs is 1. The number of hydrogen-bond acceptors (Lipinski definition) is 4. The predicted molar refractivity (Wildman–Crippen MR) is 150 cm³/mol. The molecule has 1 aliphatic rings. The summed E-state index contributed by atoms with van der Waals surface area (Å²) in [7, 11) is 0. The third-order valence-corrected chi connectivity index (χ3v) is 6.83. The molecule has 0 unspecified atom stereocenters. The van der Waals surface area contributed by atoms with Crippen molar-refractivity contribution in [2.45, 2.75) is 51.7 Å². The van der Waals surface area contributed by atoms with Gasteiger partial charge in [-0.1, -0.05) is 66.2 Å². The fourth-order valence-electron chi connectivity index (χ4n) is 4.74. The van der Waals surface area contributed by atoms with Crippen molar-refractivity contribution in [2.75, 3.05) is 6.54 Å². The van der Waals surface area contributed by atoms with Crippen LogP contribution in [0.5, 0.6) is 0 Å². The number of hydrogen-bond donors (Lipinski definition) is 1. The van der Waals surface area contributed by atoms with Gasteiger partial charge in [0.25, 0.3) is 11.8 Å². The molecule has 3 aromatic carbocycles. The van der Waals surface area contributed by atoms with Gasteiger partial charge in [0.15, 0.2) is 0 Å². The van der Waals surface area contributed by atoms with Gasteiger partial charge in [-0.25, -0.2) is 0 Å². The Balaban J connectivity index is 1.54. The molecule has 1 atom stereocenters. The molecule has 0 spiro atoms. The predicted octanol–water partition coefficient (Wildman–Crippen LogP) is 4.88. The Morgan fingerprint density at radius 3 is 2.10 bits per heavy atom. The van der Waals surface area contributed by atoms with Gasteiger partial charge >= 0.3 is 0 Å². The summed E-state index contributed by atoms with van der Waals surface area (Å²) in [6.45, 7) is 4.06. The largest absolute Gasteiger partial charge is 0.352 e. The minimum absolute atomic E-state index is 0.0637. The van der Waals surface area contributed by atoms with Crippen LogP contribution in [0, 0.1) is 0 Å². The SMILES string of the molecule is CC(C)NC(=O)[C@@H](Cc1ccccc1)N(Cc1cccc(Cl)c1)C(=O)CCCN1C(=O)c2ccccc2C1=O. The molecule has 0 saturated heterocycles. The van der Waals surface area contributed by atoms with Crippen molar-refractivity contribution in [2.24, 2.45) is 0 Å². The standard InChI is InChI=1S/C31H32ClN3O4/c1-21(2)33-29(37)27(19-22-10-4-3-5-11-22)35(20-23-12-8-13-24(32)18-23)28(36)16-9-17-34-30(38)25-14-6-7-15-26(25)31(34)39/h3-8,10-15,18,21,27H,9,16-17,19-20H2,1-2H3,(H,33,37)/t27-/m1/s1. The molecule has 1 N–H and O–H groups in total. The van der Waals surface area contributed by atoms with Crippen molar-refractivity contribution in [3.05, 3.63) is 106 Å². The number of halogens is 1. The quantitative estimate of drug-likeness (QED) is 0.348. The summed E-state index contributed by atoms with van der Waals surface area (Å²) in [6, 6.07) is 22.6. The van der Waals surface area contributed by atoms with Crippen LogP contribution in [-0.4, -0.2) is 52.1 Å². The lowest BCUT2D eigenvalue weighted by Crippen LogP contribution is -2.51. The molecular weight excluding hydrogens is 514 g/mol. The van der Waals surface area contributed by atoms with Crippen molar-refractivity contribution in [1.29, 1.82) is 0 Å². The summed E-state index contributed by atoms with van der Waals surface area (Å²) in [5, 5.41) is 3.50. The van der Waals surface area contributed by atoms with Gasteiger partial charge in [0, 0.05) is 37.0 Å². The minimum atomic E-state index is -0.763. The third-order valence-electron chi connectivity index (χ3n) is 6.59. The van der Waals surface area contributed by atoms with E-state index in [9.17, 15) is 19.2 Å². The number of nitrogens with zero attached hydrogens (tertiary/aromatic N) is 2. The second-order valence-electron chi connectivity index (χ2n) is 9.93. The summed E-state index contributed by atoms with van der Waals surface area (Å²) < 4.78 is 0. The number of imide groups is 1. The fourth-order valence-corrected chi connectivity index (χ4v) is 4.95. The average Bonchev–Trinajstić information content (AvgIpc) is 3.15. The van der Waals surface area contributed by atoms with Crippen molar-refractivity contribution < 1.29 is 19.2 Å². The molecule has 1 heterocycles. The first kappa shape index (κ1) is 28.0. The van der Waals surface area contributed by atoms with Crippen molar-refractivity contribution in [1.82, 2.24) is 15.1 Å². The zero-order valence-electron chi connectivity index (χ0n) is 22.1. The van der Waals surface area contributed by atoms with E-state index in [2.05, 4.69) is 5.32 Å². The van der Waals surface area contributed by atoms with Gasteiger partial charge in [-0.2, -0.15) is 0 Å². The minimum Gasteiger partial charge on any atom is -0.352 e. The number of carbonyl (C=O) groups excluding carboxylic acids is 4. The van der Waals surface area contributed by atoms with Gasteiger partial charge in [-0.05, 0) is 55.7 Å². The molecule has 0 fully saturated rings. The fraction of sp³-hybridized carbons (Fsp3) is 0.290. The highest BCUT2D eigenvalue weighted by atomic mass is 35.5. The van der Waals surface area contributed by atoms with E-state index in [0.29, 0.717) is 22.6 Å². The highest BCUT2D eigenvalue weighted by Gasteiger charge is 2.35. The molecule has 0 aliphatic carbocycles. The Bertz CT molecular complexity index is 1320. The second-order valence-corrected chi connectivity index (χ2v) is 10.4. The zero-order chi connectivity index (χ0) is 27.9. The maximum Gasteiger partial charge on any atom is 0.261 e. The molecule has 0 bridgehead atoms. The molecule has 4 rings (SSSR count). The molecule has 3 aromatic rings. The Labute approximate surface area is 233 Å². The third kappa shape index (κ3) is 6.92. The Hall–Kier alpha value is -3.97. The first-order valence-corrected chi connectivity index (χ1v) is 13.5. The van der Waals surface area contributed by atoms with Gasteiger partial charge < -0.3 is 10.2 Å². The van der Waals surface area contributed by atoms with Crippen LogP contribution in [0.4, 0.5) is 0 Å². The first-order valence-electron chi connectivity index (χ1n) is 13.1. The topological polar surface area (TPSA) is 86.8 Å². The van der Waals surface area contributed by atoms with E-state index in [-0.39, 0.29) is 55.6 Å². The maximum absolute atomic E-state index is 13.7. The maximum atomic E-state index is 13.7. The summed E-state index contributed by atoms with van der Waals surface area (Å²) in [5.74, 6) is -1.19. The van der Waals surface area contributed by atoms with E-state index in [1.54, 1.807) is 41.3 Å². The van der Waals surface area contributed by atoms with Gasteiger partial charge in [0.2, 0.25) is 11.8 Å². The van der Waals surface area contributed by atoms with Crippen molar-refractivity contribution in [3.63, 3.8) is 0 Å². The van der Waals surface area contributed by atoms with Gasteiger partial charge in [-0.15, -0.1) is 0 Å². The van der Waals surface area contributed by atoms with Crippen LogP contribution in [0.25, 0.3) is 0 Å². The van der Waals surface area contributed by atoms with Crippen LogP contribution in [-0.2, 0) is 22.6 Å². The van der Waals surface area contributed by atoms with E-state index in [1.807, 2.05) is 56.3 Å². The molecule has 8 heteroatoms. The van der Waals surface area contributed by atoms with E-state index in [1.165, 1.54) is 4.90 Å². The Kier molecular flexibility index (Phi) is 9.15. The van der Waals surface area contributed by atoms with Crippen molar-refractivity contribution in [3.8, 4) is 0 Å². The monoisotopic (exact) mass is 545 g/mol. The van der Waals surface area contributed by atoms with Crippen molar-refractivity contribution >= 4 is 35.2 Å².